The Kier molecular flexibility index (Phi) is 5.71. The average Bonchev–Trinajstić information content (AvgIpc) is 3.52. The van der Waals surface area contributed by atoms with Crippen molar-refractivity contribution in [3.05, 3.63) is 60.4 Å². The minimum absolute atomic E-state index is 0.0552. The summed E-state index contributed by atoms with van der Waals surface area (Å²) in [5.74, 6) is -2.37. The first-order chi connectivity index (χ1) is 17.2. The zero-order valence-electron chi connectivity index (χ0n) is 19.7. The lowest BCUT2D eigenvalue weighted by Gasteiger charge is -2.37. The van der Waals surface area contributed by atoms with Crippen molar-refractivity contribution in [1.82, 2.24) is 20.1 Å². The number of aromatic nitrogens is 3. The third-order valence-electron chi connectivity index (χ3n) is 6.60. The first-order valence-electron chi connectivity index (χ1n) is 11.4. The molecule has 0 spiro atoms. The molecule has 1 N–H and O–H groups in total. The Morgan fingerprint density at radius 1 is 1.14 bits per heavy atom. The Morgan fingerprint density at radius 2 is 1.86 bits per heavy atom. The number of hydrogen-bond donors (Lipinski definition) is 1. The van der Waals surface area contributed by atoms with Crippen LogP contribution in [0.1, 0.15) is 49.0 Å². The van der Waals surface area contributed by atoms with Crippen LogP contribution in [-0.2, 0) is 0 Å². The van der Waals surface area contributed by atoms with Gasteiger partial charge in [-0.3, -0.25) is 4.79 Å². The molecule has 10 heteroatoms. The summed E-state index contributed by atoms with van der Waals surface area (Å²) in [6.07, 6.45) is 1.37. The van der Waals surface area contributed by atoms with Crippen molar-refractivity contribution in [2.45, 2.75) is 44.1 Å². The topological polar surface area (TPSA) is 106 Å². The van der Waals surface area contributed by atoms with E-state index in [1.807, 2.05) is 42.5 Å². The zero-order chi connectivity index (χ0) is 25.5. The predicted molar refractivity (Wildman–Crippen MR) is 127 cm³/mol. The van der Waals surface area contributed by atoms with Crippen LogP contribution in [0.4, 0.5) is 8.78 Å². The fourth-order valence-electron chi connectivity index (χ4n) is 4.43. The predicted octanol–water partition coefficient (Wildman–Crippen LogP) is 5.26. The van der Waals surface area contributed by atoms with Gasteiger partial charge >= 0.3 is 0 Å². The summed E-state index contributed by atoms with van der Waals surface area (Å²) >= 11 is 0. The number of carbonyl (C=O) groups excluding carboxylic acids is 1. The maximum atomic E-state index is 13.5. The first kappa shape index (κ1) is 23.5. The van der Waals surface area contributed by atoms with E-state index in [1.54, 1.807) is 20.1 Å². The Labute approximate surface area is 205 Å². The number of hydrogen-bond acceptors (Lipinski definition) is 6. The standard InChI is InChI=1S/C26H23F2N5O3/c1-25(7-9-26(27,28)10-8-25)31-24(34)22-13-18-4-3-16(11-20(18)36-22)17-5-6-19(21(12-17)35-2)33-15-30-23(14-29)32-33/h3-6,11-13,15H,7-10H2,1-2H3,(H,31,34). The second-order valence-corrected chi connectivity index (χ2v) is 9.25. The van der Waals surface area contributed by atoms with Crippen molar-refractivity contribution in [1.29, 1.82) is 5.26 Å². The number of nitrogens with one attached hydrogen (secondary N) is 1. The molecular formula is C26H23F2N5O3. The second-order valence-electron chi connectivity index (χ2n) is 9.25. The highest BCUT2D eigenvalue weighted by Crippen LogP contribution is 2.38. The van der Waals surface area contributed by atoms with Crippen LogP contribution in [0.3, 0.4) is 0 Å². The number of nitriles is 1. The fourth-order valence-corrected chi connectivity index (χ4v) is 4.43. The second kappa shape index (κ2) is 8.75. The number of amides is 1. The molecule has 0 atom stereocenters. The Bertz CT molecular complexity index is 1490. The molecule has 0 unspecified atom stereocenters. The summed E-state index contributed by atoms with van der Waals surface area (Å²) in [6, 6.07) is 14.6. The van der Waals surface area contributed by atoms with E-state index in [4.69, 9.17) is 14.4 Å². The number of methoxy groups -OCH3 is 1. The summed E-state index contributed by atoms with van der Waals surface area (Å²) < 4.78 is 39.9. The SMILES string of the molecule is COc1cc(-c2ccc3cc(C(=O)NC4(C)CCC(F)(F)CC4)oc3c2)ccc1-n1cnc(C#N)n1. The van der Waals surface area contributed by atoms with Crippen LogP contribution in [0, 0.1) is 11.3 Å². The number of alkyl halides is 2. The average molecular weight is 491 g/mol. The molecule has 0 radical (unpaired) electrons. The molecular weight excluding hydrogens is 468 g/mol. The number of ether oxygens (including phenoxy) is 1. The van der Waals surface area contributed by atoms with Crippen LogP contribution < -0.4 is 10.1 Å². The van der Waals surface area contributed by atoms with Gasteiger partial charge < -0.3 is 14.5 Å². The Balaban J connectivity index is 1.38. The smallest absolute Gasteiger partial charge is 0.287 e. The van der Waals surface area contributed by atoms with Gasteiger partial charge in [-0.15, -0.1) is 5.10 Å². The quantitative estimate of drug-likeness (QED) is 0.408. The van der Waals surface area contributed by atoms with Crippen molar-refractivity contribution in [2.75, 3.05) is 7.11 Å². The van der Waals surface area contributed by atoms with E-state index in [0.29, 0.717) is 17.0 Å². The molecule has 8 nitrogen and oxygen atoms in total. The molecule has 1 saturated carbocycles. The van der Waals surface area contributed by atoms with Gasteiger partial charge in [0, 0.05) is 23.8 Å². The van der Waals surface area contributed by atoms with E-state index in [9.17, 15) is 13.6 Å². The minimum Gasteiger partial charge on any atom is -0.494 e. The Hall–Kier alpha value is -4.26. The van der Waals surface area contributed by atoms with Gasteiger partial charge in [0.2, 0.25) is 5.92 Å². The summed E-state index contributed by atoms with van der Waals surface area (Å²) in [7, 11) is 1.54. The molecule has 1 fully saturated rings. The lowest BCUT2D eigenvalue weighted by atomic mass is 9.81. The van der Waals surface area contributed by atoms with Gasteiger partial charge in [0.1, 0.15) is 29.4 Å². The van der Waals surface area contributed by atoms with Gasteiger partial charge in [-0.1, -0.05) is 18.2 Å². The summed E-state index contributed by atoms with van der Waals surface area (Å²) in [6.45, 7) is 1.79. The lowest BCUT2D eigenvalue weighted by molar-refractivity contribution is -0.0523. The molecule has 1 aliphatic carbocycles. The highest BCUT2D eigenvalue weighted by molar-refractivity contribution is 5.97. The summed E-state index contributed by atoms with van der Waals surface area (Å²) in [5, 5.41) is 16.7. The molecule has 2 heterocycles. The van der Waals surface area contributed by atoms with E-state index in [2.05, 4.69) is 15.4 Å². The molecule has 184 valence electrons. The van der Waals surface area contributed by atoms with Gasteiger partial charge in [0.05, 0.1) is 7.11 Å². The molecule has 0 aliphatic heterocycles. The molecule has 0 bridgehead atoms. The summed E-state index contributed by atoms with van der Waals surface area (Å²) in [5.41, 5.74) is 2.14. The number of furan rings is 1. The van der Waals surface area contributed by atoms with E-state index in [0.717, 1.165) is 16.5 Å². The molecule has 1 aliphatic rings. The van der Waals surface area contributed by atoms with Gasteiger partial charge in [-0.2, -0.15) is 5.26 Å². The molecule has 5 rings (SSSR count). The van der Waals surface area contributed by atoms with Crippen LogP contribution in [0.2, 0.25) is 0 Å². The third kappa shape index (κ3) is 4.52. The lowest BCUT2D eigenvalue weighted by Crippen LogP contribution is -2.50. The number of halogens is 2. The number of carbonyl (C=O) groups is 1. The third-order valence-corrected chi connectivity index (χ3v) is 6.60. The highest BCUT2D eigenvalue weighted by Gasteiger charge is 2.41. The number of benzene rings is 2. The van der Waals surface area contributed by atoms with Crippen LogP contribution in [-0.4, -0.2) is 39.2 Å². The highest BCUT2D eigenvalue weighted by atomic mass is 19.3. The van der Waals surface area contributed by atoms with Crippen LogP contribution in [0.5, 0.6) is 5.75 Å². The van der Waals surface area contributed by atoms with Crippen LogP contribution >= 0.6 is 0 Å². The van der Waals surface area contributed by atoms with E-state index in [1.165, 1.54) is 11.0 Å². The molecule has 1 amide bonds. The van der Waals surface area contributed by atoms with Crippen molar-refractivity contribution < 1.29 is 22.7 Å². The van der Waals surface area contributed by atoms with E-state index < -0.39 is 17.4 Å². The van der Waals surface area contributed by atoms with Gasteiger partial charge in [0.15, 0.2) is 5.76 Å². The summed E-state index contributed by atoms with van der Waals surface area (Å²) in [4.78, 5) is 16.8. The Morgan fingerprint density at radius 3 is 2.56 bits per heavy atom. The number of rotatable bonds is 5. The first-order valence-corrected chi connectivity index (χ1v) is 11.4. The maximum absolute atomic E-state index is 13.5. The van der Waals surface area contributed by atoms with Crippen molar-refractivity contribution in [3.63, 3.8) is 0 Å². The normalized spacial score (nSPS) is 16.4. The largest absolute Gasteiger partial charge is 0.494 e. The maximum Gasteiger partial charge on any atom is 0.287 e. The van der Waals surface area contributed by atoms with Crippen LogP contribution in [0.25, 0.3) is 27.8 Å². The molecule has 4 aromatic rings. The van der Waals surface area contributed by atoms with Crippen LogP contribution in [0.15, 0.2) is 53.2 Å². The van der Waals surface area contributed by atoms with Crippen molar-refractivity contribution in [3.8, 4) is 28.6 Å². The number of fused-ring (bicyclic) bond motifs is 1. The molecule has 0 saturated heterocycles. The van der Waals surface area contributed by atoms with Crippen molar-refractivity contribution in [2.24, 2.45) is 0 Å². The zero-order valence-corrected chi connectivity index (χ0v) is 19.7. The number of nitrogens with zero attached hydrogens (tertiary/aromatic N) is 4. The molecule has 2 aromatic carbocycles. The van der Waals surface area contributed by atoms with Gasteiger partial charge in [-0.25, -0.2) is 18.4 Å². The minimum atomic E-state index is -2.67. The van der Waals surface area contributed by atoms with Gasteiger partial charge in [-0.05, 0) is 55.2 Å². The molecule has 36 heavy (non-hydrogen) atoms. The molecule has 2 aromatic heterocycles. The monoisotopic (exact) mass is 491 g/mol. The van der Waals surface area contributed by atoms with Gasteiger partial charge in [0.25, 0.3) is 11.7 Å². The van der Waals surface area contributed by atoms with E-state index >= 15 is 0 Å². The fraction of sp³-hybridized carbons (Fsp3) is 0.308. The van der Waals surface area contributed by atoms with E-state index in [-0.39, 0.29) is 37.3 Å². The van der Waals surface area contributed by atoms with Crippen molar-refractivity contribution >= 4 is 16.9 Å².